The summed E-state index contributed by atoms with van der Waals surface area (Å²) in [7, 11) is 1.31. The number of benzene rings is 3. The van der Waals surface area contributed by atoms with Gasteiger partial charge < -0.3 is 26.4 Å². The van der Waals surface area contributed by atoms with Gasteiger partial charge in [-0.05, 0) is 61.5 Å². The van der Waals surface area contributed by atoms with E-state index in [1.165, 1.54) is 7.11 Å². The van der Waals surface area contributed by atoms with Gasteiger partial charge in [-0.3, -0.25) is 9.59 Å². The quantitative estimate of drug-likeness (QED) is 0.268. The molecular weight excluding hydrogens is 420 g/mol. The molecule has 8 nitrogen and oxygen atoms in total. The molecule has 0 fully saturated rings. The number of esters is 1. The van der Waals surface area contributed by atoms with Gasteiger partial charge in [0, 0.05) is 28.2 Å². The summed E-state index contributed by atoms with van der Waals surface area (Å²) in [4.78, 5) is 37.0. The second-order valence-electron chi connectivity index (χ2n) is 7.45. The van der Waals surface area contributed by atoms with Crippen molar-refractivity contribution in [3.05, 3.63) is 89.1 Å². The van der Waals surface area contributed by atoms with E-state index < -0.39 is 5.97 Å². The van der Waals surface area contributed by atoms with Crippen molar-refractivity contribution in [1.82, 2.24) is 0 Å². The number of nitrogens with one attached hydrogen (secondary N) is 3. The first-order valence-corrected chi connectivity index (χ1v) is 10.2. The van der Waals surface area contributed by atoms with E-state index in [1.807, 2.05) is 0 Å². The molecular formula is C25H22N4O4. The molecule has 8 heteroatoms. The summed E-state index contributed by atoms with van der Waals surface area (Å²) in [5, 5.41) is 8.77. The number of hydrogen-bond donors (Lipinski definition) is 4. The SMILES string of the molecule is COC(=O)c1ccc2c(c1)/C(=C(/C)Nc1ccc(C(=O)Nc3ccccc3N)cc1)C(=O)N2. The molecule has 3 aromatic carbocycles. The topological polar surface area (TPSA) is 123 Å². The third kappa shape index (κ3) is 4.40. The Hall–Kier alpha value is -4.59. The number of nitrogens with two attached hydrogens (primary N) is 1. The molecule has 1 aliphatic heterocycles. The zero-order valence-electron chi connectivity index (χ0n) is 18.1. The lowest BCUT2D eigenvalue weighted by molar-refractivity contribution is -0.110. The van der Waals surface area contributed by atoms with E-state index in [0.29, 0.717) is 50.7 Å². The molecule has 0 spiro atoms. The van der Waals surface area contributed by atoms with Gasteiger partial charge in [-0.2, -0.15) is 0 Å². The van der Waals surface area contributed by atoms with Crippen molar-refractivity contribution in [3.63, 3.8) is 0 Å². The number of nitrogen functional groups attached to an aromatic ring is 1. The van der Waals surface area contributed by atoms with Crippen LogP contribution in [0.1, 0.15) is 33.2 Å². The van der Waals surface area contributed by atoms with E-state index >= 15 is 0 Å². The maximum Gasteiger partial charge on any atom is 0.337 e. The second-order valence-corrected chi connectivity index (χ2v) is 7.45. The first-order valence-electron chi connectivity index (χ1n) is 10.2. The predicted molar refractivity (Wildman–Crippen MR) is 128 cm³/mol. The van der Waals surface area contributed by atoms with Gasteiger partial charge >= 0.3 is 5.97 Å². The molecule has 0 radical (unpaired) electrons. The first-order chi connectivity index (χ1) is 15.9. The number of ether oxygens (including phenoxy) is 1. The molecule has 4 rings (SSSR count). The van der Waals surface area contributed by atoms with Crippen LogP contribution in [0.2, 0.25) is 0 Å². The molecule has 166 valence electrons. The van der Waals surface area contributed by atoms with Crippen LogP contribution >= 0.6 is 0 Å². The Bertz CT molecular complexity index is 1300. The van der Waals surface area contributed by atoms with Crippen LogP contribution in [0.3, 0.4) is 0 Å². The van der Waals surface area contributed by atoms with Gasteiger partial charge in [-0.15, -0.1) is 0 Å². The Kier molecular flexibility index (Phi) is 5.82. The van der Waals surface area contributed by atoms with Crippen molar-refractivity contribution in [1.29, 1.82) is 0 Å². The Labute approximate surface area is 190 Å². The third-order valence-corrected chi connectivity index (χ3v) is 5.25. The normalized spacial score (nSPS) is 13.6. The summed E-state index contributed by atoms with van der Waals surface area (Å²) in [5.41, 5.74) is 10.7. The van der Waals surface area contributed by atoms with Gasteiger partial charge in [-0.1, -0.05) is 12.1 Å². The molecule has 33 heavy (non-hydrogen) atoms. The van der Waals surface area contributed by atoms with E-state index in [9.17, 15) is 14.4 Å². The smallest absolute Gasteiger partial charge is 0.337 e. The molecule has 0 bridgehead atoms. The number of para-hydroxylation sites is 2. The average molecular weight is 442 g/mol. The van der Waals surface area contributed by atoms with Crippen LogP contribution in [0.4, 0.5) is 22.7 Å². The van der Waals surface area contributed by atoms with Crippen LogP contribution in [0.15, 0.2) is 72.4 Å². The van der Waals surface area contributed by atoms with Gasteiger partial charge in [0.2, 0.25) is 0 Å². The van der Waals surface area contributed by atoms with Crippen LogP contribution in [-0.2, 0) is 9.53 Å². The Morgan fingerprint density at radius 1 is 0.939 bits per heavy atom. The molecule has 5 N–H and O–H groups in total. The lowest BCUT2D eigenvalue weighted by Gasteiger charge is -2.11. The van der Waals surface area contributed by atoms with E-state index in [4.69, 9.17) is 10.5 Å². The lowest BCUT2D eigenvalue weighted by Crippen LogP contribution is -2.13. The van der Waals surface area contributed by atoms with E-state index in [1.54, 1.807) is 73.7 Å². The fourth-order valence-electron chi connectivity index (χ4n) is 3.57. The molecule has 0 aliphatic carbocycles. The summed E-state index contributed by atoms with van der Waals surface area (Å²) >= 11 is 0. The Balaban J connectivity index is 1.54. The molecule has 0 saturated heterocycles. The standard InChI is InChI=1S/C25H22N4O4/c1-14(22-18-13-16(25(32)33-2)9-12-20(18)28-24(22)31)27-17-10-7-15(8-11-17)23(30)29-21-6-4-3-5-19(21)26/h3-13,27H,26H2,1-2H3,(H,28,31)(H,29,30)/b22-14+. The number of anilines is 4. The molecule has 1 aliphatic rings. The van der Waals surface area contributed by atoms with Gasteiger partial charge in [-0.25, -0.2) is 4.79 Å². The van der Waals surface area contributed by atoms with Crippen molar-refractivity contribution < 1.29 is 19.1 Å². The van der Waals surface area contributed by atoms with Gasteiger partial charge in [0.1, 0.15) is 0 Å². The summed E-state index contributed by atoms with van der Waals surface area (Å²) in [6.45, 7) is 1.77. The highest BCUT2D eigenvalue weighted by molar-refractivity contribution is 6.32. The number of rotatable bonds is 5. The van der Waals surface area contributed by atoms with E-state index in [2.05, 4.69) is 16.0 Å². The van der Waals surface area contributed by atoms with Crippen molar-refractivity contribution in [2.75, 3.05) is 28.8 Å². The minimum absolute atomic E-state index is 0.270. The van der Waals surface area contributed by atoms with Crippen LogP contribution < -0.4 is 21.7 Å². The average Bonchev–Trinajstić information content (AvgIpc) is 3.15. The van der Waals surface area contributed by atoms with Gasteiger partial charge in [0.25, 0.3) is 11.8 Å². The number of hydrogen-bond acceptors (Lipinski definition) is 6. The summed E-state index contributed by atoms with van der Waals surface area (Å²) < 4.78 is 4.77. The number of amides is 2. The first kappa shape index (κ1) is 21.6. The second kappa shape index (κ2) is 8.88. The number of fused-ring (bicyclic) bond motifs is 1. The zero-order valence-corrected chi connectivity index (χ0v) is 18.1. The Morgan fingerprint density at radius 3 is 2.33 bits per heavy atom. The van der Waals surface area contributed by atoms with Crippen molar-refractivity contribution in [3.8, 4) is 0 Å². The number of allylic oxidation sites excluding steroid dienone is 1. The Morgan fingerprint density at radius 2 is 1.64 bits per heavy atom. The van der Waals surface area contributed by atoms with E-state index in [-0.39, 0.29) is 11.8 Å². The van der Waals surface area contributed by atoms with Crippen molar-refractivity contribution in [2.24, 2.45) is 0 Å². The monoisotopic (exact) mass is 442 g/mol. The van der Waals surface area contributed by atoms with Gasteiger partial charge in [0.05, 0.1) is 29.6 Å². The summed E-state index contributed by atoms with van der Waals surface area (Å²) in [6, 6.07) is 18.8. The molecule has 3 aromatic rings. The fourth-order valence-corrected chi connectivity index (χ4v) is 3.57. The lowest BCUT2D eigenvalue weighted by atomic mass is 10.0. The maximum atomic E-state index is 12.6. The summed E-state index contributed by atoms with van der Waals surface area (Å²) in [5.74, 6) is -1.03. The molecule has 1 heterocycles. The number of methoxy groups -OCH3 is 1. The minimum Gasteiger partial charge on any atom is -0.465 e. The van der Waals surface area contributed by atoms with Crippen LogP contribution in [-0.4, -0.2) is 24.9 Å². The maximum absolute atomic E-state index is 12.6. The van der Waals surface area contributed by atoms with Crippen molar-refractivity contribution >= 4 is 46.1 Å². The largest absolute Gasteiger partial charge is 0.465 e. The zero-order chi connectivity index (χ0) is 23.5. The highest BCUT2D eigenvalue weighted by atomic mass is 16.5. The fraction of sp³-hybridized carbons (Fsp3) is 0.0800. The molecule has 0 unspecified atom stereocenters. The molecule has 2 amide bonds. The highest BCUT2D eigenvalue weighted by Crippen LogP contribution is 2.35. The summed E-state index contributed by atoms with van der Waals surface area (Å²) in [6.07, 6.45) is 0. The van der Waals surface area contributed by atoms with Gasteiger partial charge in [0.15, 0.2) is 0 Å². The molecule has 0 aromatic heterocycles. The van der Waals surface area contributed by atoms with Crippen LogP contribution in [0.25, 0.3) is 5.57 Å². The van der Waals surface area contributed by atoms with Crippen LogP contribution in [0.5, 0.6) is 0 Å². The van der Waals surface area contributed by atoms with E-state index in [0.717, 1.165) is 0 Å². The van der Waals surface area contributed by atoms with Crippen LogP contribution in [0, 0.1) is 0 Å². The highest BCUT2D eigenvalue weighted by Gasteiger charge is 2.27. The number of carbonyl (C=O) groups is 3. The van der Waals surface area contributed by atoms with Crippen molar-refractivity contribution in [2.45, 2.75) is 6.92 Å². The minimum atomic E-state index is -0.478. The number of carbonyl (C=O) groups excluding carboxylic acids is 3. The predicted octanol–water partition coefficient (Wildman–Crippen LogP) is 4.10. The molecule has 0 atom stereocenters. The third-order valence-electron chi connectivity index (χ3n) is 5.25. The molecule has 0 saturated carbocycles.